The number of anilines is 1. The molecule has 2 amide bonds. The Morgan fingerprint density at radius 1 is 1.15 bits per heavy atom. The molecule has 0 saturated carbocycles. The molecule has 2 aromatic rings. The van der Waals surface area contributed by atoms with Crippen molar-refractivity contribution in [3.8, 4) is 0 Å². The van der Waals surface area contributed by atoms with E-state index in [0.29, 0.717) is 0 Å². The zero-order chi connectivity index (χ0) is 20.0. The largest absolute Gasteiger partial charge is 0.481 e. The minimum absolute atomic E-state index is 0.147. The van der Waals surface area contributed by atoms with Crippen molar-refractivity contribution in [2.24, 2.45) is 5.92 Å². The molecule has 2 aromatic carbocycles. The Balaban J connectivity index is 2.07. The molecule has 1 atom stereocenters. The number of carboxylic acids is 1. The van der Waals surface area contributed by atoms with Crippen LogP contribution in [0.25, 0.3) is 0 Å². The van der Waals surface area contributed by atoms with Gasteiger partial charge in [0.25, 0.3) is 5.91 Å². The summed E-state index contributed by atoms with van der Waals surface area (Å²) < 4.78 is 13.9. The van der Waals surface area contributed by atoms with Gasteiger partial charge in [-0.2, -0.15) is 0 Å². The first-order valence-corrected chi connectivity index (χ1v) is 8.40. The summed E-state index contributed by atoms with van der Waals surface area (Å²) in [6.07, 6.45) is 0.242. The predicted molar refractivity (Wildman–Crippen MR) is 99.0 cm³/mol. The number of hydrogen-bond donors (Lipinski definition) is 3. The minimum Gasteiger partial charge on any atom is -0.481 e. The van der Waals surface area contributed by atoms with E-state index in [1.54, 1.807) is 0 Å². The summed E-state index contributed by atoms with van der Waals surface area (Å²) >= 11 is 0. The van der Waals surface area contributed by atoms with Gasteiger partial charge in [0, 0.05) is 19.2 Å². The molecule has 0 aliphatic rings. The van der Waals surface area contributed by atoms with Crippen LogP contribution in [0.1, 0.15) is 28.4 Å². The Labute approximate surface area is 156 Å². The zero-order valence-corrected chi connectivity index (χ0v) is 15.1. The van der Waals surface area contributed by atoms with E-state index in [1.165, 1.54) is 19.1 Å². The third-order valence-electron chi connectivity index (χ3n) is 3.95. The maximum absolute atomic E-state index is 13.9. The molecule has 27 heavy (non-hydrogen) atoms. The smallest absolute Gasteiger partial charge is 0.308 e. The Morgan fingerprint density at radius 3 is 2.52 bits per heavy atom. The van der Waals surface area contributed by atoms with Gasteiger partial charge in [-0.05, 0) is 37.1 Å². The number of halogens is 1. The number of aryl methyl sites for hydroxylation is 1. The van der Waals surface area contributed by atoms with Crippen LogP contribution in [0.3, 0.4) is 0 Å². The third-order valence-corrected chi connectivity index (χ3v) is 3.95. The fourth-order valence-corrected chi connectivity index (χ4v) is 2.66. The quantitative estimate of drug-likeness (QED) is 0.696. The van der Waals surface area contributed by atoms with Crippen molar-refractivity contribution in [3.63, 3.8) is 0 Å². The second-order valence-corrected chi connectivity index (χ2v) is 6.31. The van der Waals surface area contributed by atoms with Crippen LogP contribution in [0.5, 0.6) is 0 Å². The van der Waals surface area contributed by atoms with Gasteiger partial charge < -0.3 is 15.7 Å². The Morgan fingerprint density at radius 2 is 1.89 bits per heavy atom. The lowest BCUT2D eigenvalue weighted by Crippen LogP contribution is -2.34. The summed E-state index contributed by atoms with van der Waals surface area (Å²) in [4.78, 5) is 34.9. The average Bonchev–Trinajstić information content (AvgIpc) is 2.59. The molecule has 0 aliphatic heterocycles. The van der Waals surface area contributed by atoms with Gasteiger partial charge in [-0.15, -0.1) is 0 Å². The highest BCUT2D eigenvalue weighted by Gasteiger charge is 2.21. The number of nitrogens with one attached hydrogen (secondary N) is 2. The fourth-order valence-electron chi connectivity index (χ4n) is 2.66. The van der Waals surface area contributed by atoms with E-state index in [1.807, 2.05) is 31.2 Å². The second-order valence-electron chi connectivity index (χ2n) is 6.31. The van der Waals surface area contributed by atoms with Crippen LogP contribution in [-0.4, -0.2) is 29.4 Å². The van der Waals surface area contributed by atoms with Gasteiger partial charge in [0.05, 0.1) is 11.5 Å². The predicted octanol–water partition coefficient (Wildman–Crippen LogP) is 2.77. The van der Waals surface area contributed by atoms with E-state index in [4.69, 9.17) is 0 Å². The van der Waals surface area contributed by atoms with E-state index < -0.39 is 23.6 Å². The van der Waals surface area contributed by atoms with Crippen molar-refractivity contribution < 1.29 is 23.9 Å². The van der Waals surface area contributed by atoms with E-state index >= 15 is 0 Å². The molecule has 0 radical (unpaired) electrons. The first kappa shape index (κ1) is 20.1. The van der Waals surface area contributed by atoms with Crippen LogP contribution in [0, 0.1) is 18.7 Å². The van der Waals surface area contributed by atoms with E-state index in [-0.39, 0.29) is 30.1 Å². The molecule has 3 N–H and O–H groups in total. The van der Waals surface area contributed by atoms with Crippen molar-refractivity contribution in [2.75, 3.05) is 11.9 Å². The normalized spacial score (nSPS) is 11.5. The summed E-state index contributed by atoms with van der Waals surface area (Å²) in [5, 5.41) is 14.3. The number of hydrogen-bond acceptors (Lipinski definition) is 3. The highest BCUT2D eigenvalue weighted by atomic mass is 19.1. The van der Waals surface area contributed by atoms with Gasteiger partial charge in [0.2, 0.25) is 5.91 Å². The average molecular weight is 372 g/mol. The van der Waals surface area contributed by atoms with E-state index in [0.717, 1.165) is 17.2 Å². The molecule has 0 heterocycles. The number of amides is 2. The highest BCUT2D eigenvalue weighted by molar-refractivity contribution is 5.97. The molecule has 142 valence electrons. The van der Waals surface area contributed by atoms with Crippen molar-refractivity contribution in [2.45, 2.75) is 20.3 Å². The summed E-state index contributed by atoms with van der Waals surface area (Å²) in [5.41, 5.74) is 1.87. The van der Waals surface area contributed by atoms with Gasteiger partial charge >= 0.3 is 5.97 Å². The number of aliphatic carboxylic acids is 1. The SMILES string of the molecule is CC(=O)Nc1ccc(F)c(C(=O)NCC(Cc2cccc(C)c2)C(=O)O)c1. The molecule has 0 saturated heterocycles. The number of carbonyl (C=O) groups excluding carboxylic acids is 2. The Hall–Kier alpha value is -3.22. The van der Waals surface area contributed by atoms with Gasteiger partial charge in [-0.3, -0.25) is 14.4 Å². The number of rotatable bonds is 7. The van der Waals surface area contributed by atoms with E-state index in [2.05, 4.69) is 10.6 Å². The highest BCUT2D eigenvalue weighted by Crippen LogP contribution is 2.16. The van der Waals surface area contributed by atoms with Crippen molar-refractivity contribution in [1.82, 2.24) is 5.32 Å². The molecule has 0 bridgehead atoms. The molecular weight excluding hydrogens is 351 g/mol. The van der Waals surface area contributed by atoms with Crippen molar-refractivity contribution in [3.05, 3.63) is 65.0 Å². The van der Waals surface area contributed by atoms with Gasteiger partial charge in [-0.1, -0.05) is 29.8 Å². The Kier molecular flexibility index (Phi) is 6.65. The fraction of sp³-hybridized carbons (Fsp3) is 0.250. The standard InChI is InChI=1S/C20H21FN2O4/c1-12-4-3-5-14(8-12)9-15(20(26)27)11-22-19(25)17-10-16(23-13(2)24)6-7-18(17)21/h3-8,10,15H,9,11H2,1-2H3,(H,22,25)(H,23,24)(H,26,27). The first-order valence-electron chi connectivity index (χ1n) is 8.40. The van der Waals surface area contributed by atoms with Crippen LogP contribution < -0.4 is 10.6 Å². The number of benzene rings is 2. The molecule has 0 fully saturated rings. The maximum Gasteiger partial charge on any atom is 0.308 e. The maximum atomic E-state index is 13.9. The summed E-state index contributed by atoms with van der Waals surface area (Å²) in [7, 11) is 0. The van der Waals surface area contributed by atoms with Crippen LogP contribution in [0.15, 0.2) is 42.5 Å². The lowest BCUT2D eigenvalue weighted by molar-refractivity contribution is -0.141. The zero-order valence-electron chi connectivity index (χ0n) is 15.1. The van der Waals surface area contributed by atoms with Crippen molar-refractivity contribution >= 4 is 23.5 Å². The van der Waals surface area contributed by atoms with Gasteiger partial charge in [0.15, 0.2) is 0 Å². The molecule has 0 aromatic heterocycles. The monoisotopic (exact) mass is 372 g/mol. The number of carboxylic acid groups (broad SMARTS) is 1. The van der Waals surface area contributed by atoms with Gasteiger partial charge in [0.1, 0.15) is 5.82 Å². The minimum atomic E-state index is -1.05. The number of carbonyl (C=O) groups is 3. The van der Waals surface area contributed by atoms with Gasteiger partial charge in [-0.25, -0.2) is 4.39 Å². The summed E-state index contributed by atoms with van der Waals surface area (Å²) in [6.45, 7) is 3.06. The molecule has 1 unspecified atom stereocenters. The van der Waals surface area contributed by atoms with Crippen LogP contribution >= 0.6 is 0 Å². The lowest BCUT2D eigenvalue weighted by Gasteiger charge is -2.14. The molecular formula is C20H21FN2O4. The lowest BCUT2D eigenvalue weighted by atomic mass is 9.98. The molecule has 0 spiro atoms. The van der Waals surface area contributed by atoms with Crippen LogP contribution in [0.4, 0.5) is 10.1 Å². The molecule has 0 aliphatic carbocycles. The third kappa shape index (κ3) is 5.91. The van der Waals surface area contributed by atoms with E-state index in [9.17, 15) is 23.9 Å². The topological polar surface area (TPSA) is 95.5 Å². The van der Waals surface area contributed by atoms with Crippen molar-refractivity contribution in [1.29, 1.82) is 0 Å². The van der Waals surface area contributed by atoms with Crippen LogP contribution in [-0.2, 0) is 16.0 Å². The Bertz CT molecular complexity index is 867. The summed E-state index contributed by atoms with van der Waals surface area (Å²) in [6, 6.07) is 11.1. The molecule has 2 rings (SSSR count). The molecule has 6 nitrogen and oxygen atoms in total. The first-order chi connectivity index (χ1) is 12.8. The molecule has 7 heteroatoms. The van der Waals surface area contributed by atoms with Crippen LogP contribution in [0.2, 0.25) is 0 Å². The summed E-state index contributed by atoms with van der Waals surface area (Å²) in [5.74, 6) is -3.75. The second kappa shape index (κ2) is 8.93.